The van der Waals surface area contributed by atoms with E-state index in [9.17, 15) is 19.5 Å². The highest BCUT2D eigenvalue weighted by Gasteiger charge is 2.37. The monoisotopic (exact) mass is 549 g/mol. The number of benzene rings is 4. The fourth-order valence-corrected chi connectivity index (χ4v) is 5.09. The predicted octanol–water partition coefficient (Wildman–Crippen LogP) is 4.74. The molecule has 3 N–H and O–H groups in total. The minimum atomic E-state index is -1.04. The van der Waals surface area contributed by atoms with Crippen LogP contribution in [0.1, 0.15) is 33.9 Å². The number of hydrogen-bond acceptors (Lipinski definition) is 5. The predicted molar refractivity (Wildman–Crippen MR) is 157 cm³/mol. The van der Waals surface area contributed by atoms with E-state index in [4.69, 9.17) is 10.5 Å². The first-order chi connectivity index (χ1) is 20.0. The highest BCUT2D eigenvalue weighted by Crippen LogP contribution is 2.39. The second kappa shape index (κ2) is 12.5. The number of nitrogens with zero attached hydrogens (tertiary/aromatic N) is 2. The molecule has 0 aliphatic carbocycles. The molecule has 2 amide bonds. The lowest BCUT2D eigenvalue weighted by molar-refractivity contribution is -0.137. The largest absolute Gasteiger partial charge is 0.492 e. The third-order valence-electron chi connectivity index (χ3n) is 7.03. The fourth-order valence-electron chi connectivity index (χ4n) is 5.09. The van der Waals surface area contributed by atoms with E-state index < -0.39 is 12.0 Å². The normalized spacial score (nSPS) is 13.2. The molecule has 0 radical (unpaired) electrons. The van der Waals surface area contributed by atoms with Crippen molar-refractivity contribution < 1.29 is 24.2 Å². The fraction of sp³-hybridized carbons (Fsp3) is 0.182. The molecule has 0 aromatic heterocycles. The van der Waals surface area contributed by atoms with Crippen LogP contribution in [0.5, 0.6) is 5.75 Å². The van der Waals surface area contributed by atoms with E-state index >= 15 is 0 Å². The number of aliphatic carboxylic acids is 1. The zero-order valence-corrected chi connectivity index (χ0v) is 22.5. The highest BCUT2D eigenvalue weighted by atomic mass is 16.5. The molecule has 4 aromatic carbocycles. The first kappa shape index (κ1) is 27.6. The van der Waals surface area contributed by atoms with Gasteiger partial charge in [0.1, 0.15) is 18.9 Å². The van der Waals surface area contributed by atoms with Gasteiger partial charge in [0.15, 0.2) is 0 Å². The second-order valence-corrected chi connectivity index (χ2v) is 9.75. The van der Waals surface area contributed by atoms with Gasteiger partial charge in [0.25, 0.3) is 5.91 Å². The molecule has 0 fully saturated rings. The van der Waals surface area contributed by atoms with Gasteiger partial charge in [-0.15, -0.1) is 0 Å². The molecule has 1 aliphatic heterocycles. The van der Waals surface area contributed by atoms with Gasteiger partial charge in [-0.2, -0.15) is 0 Å². The van der Waals surface area contributed by atoms with Crippen LogP contribution >= 0.6 is 0 Å². The van der Waals surface area contributed by atoms with Gasteiger partial charge in [-0.1, -0.05) is 78.9 Å². The average molecular weight is 550 g/mol. The highest BCUT2D eigenvalue weighted by molar-refractivity contribution is 6.11. The third-order valence-corrected chi connectivity index (χ3v) is 7.03. The topological polar surface area (TPSA) is 113 Å². The van der Waals surface area contributed by atoms with Gasteiger partial charge in [0.05, 0.1) is 23.7 Å². The minimum Gasteiger partial charge on any atom is -0.492 e. The Balaban J connectivity index is 1.63. The lowest BCUT2D eigenvalue weighted by Crippen LogP contribution is -2.42. The molecule has 0 unspecified atom stereocenters. The molecule has 8 nitrogen and oxygen atoms in total. The van der Waals surface area contributed by atoms with Crippen LogP contribution in [0.2, 0.25) is 0 Å². The lowest BCUT2D eigenvalue weighted by atomic mass is 9.94. The van der Waals surface area contributed by atoms with Crippen molar-refractivity contribution in [3.63, 3.8) is 0 Å². The zero-order chi connectivity index (χ0) is 28.8. The molecule has 0 atom stereocenters. The van der Waals surface area contributed by atoms with Crippen LogP contribution in [0.15, 0.2) is 103 Å². The average Bonchev–Trinajstić information content (AvgIpc) is 3.10. The minimum absolute atomic E-state index is 0.0774. The number of ether oxygens (including phenoxy) is 1. The second-order valence-electron chi connectivity index (χ2n) is 9.75. The van der Waals surface area contributed by atoms with Crippen LogP contribution in [0, 0.1) is 0 Å². The maximum Gasteiger partial charge on any atom is 0.305 e. The van der Waals surface area contributed by atoms with Gasteiger partial charge in [0.2, 0.25) is 5.91 Å². The maximum atomic E-state index is 14.0. The Hall–Kier alpha value is -4.95. The third kappa shape index (κ3) is 6.13. The van der Waals surface area contributed by atoms with E-state index in [1.807, 2.05) is 91.0 Å². The Kier molecular flexibility index (Phi) is 8.41. The molecule has 41 heavy (non-hydrogen) atoms. The number of rotatable bonds is 10. The smallest absolute Gasteiger partial charge is 0.305 e. The maximum absolute atomic E-state index is 14.0. The summed E-state index contributed by atoms with van der Waals surface area (Å²) >= 11 is 0. The number of carboxylic acid groups (broad SMARTS) is 1. The Bertz CT molecular complexity index is 1480. The van der Waals surface area contributed by atoms with E-state index in [0.717, 1.165) is 22.3 Å². The van der Waals surface area contributed by atoms with Crippen molar-refractivity contribution in [3.8, 4) is 16.9 Å². The number of anilines is 1. The SMILES string of the molecule is NCCOc1ccc(-c2ccc3c(c2)C(=O)N(CCC(=O)O)CC(=O)N3C(c2ccccc2)c2ccccc2)cc1. The Morgan fingerprint density at radius 3 is 2.05 bits per heavy atom. The molecule has 0 saturated heterocycles. The molecule has 5 rings (SSSR count). The van der Waals surface area contributed by atoms with Crippen molar-refractivity contribution in [3.05, 3.63) is 120 Å². The summed E-state index contributed by atoms with van der Waals surface area (Å²) in [5.74, 6) is -1.03. The Labute approximate surface area is 238 Å². The summed E-state index contributed by atoms with van der Waals surface area (Å²) in [6.07, 6.45) is -0.265. The molecular weight excluding hydrogens is 518 g/mol. The molecule has 4 aromatic rings. The van der Waals surface area contributed by atoms with Gasteiger partial charge < -0.3 is 20.5 Å². The van der Waals surface area contributed by atoms with Crippen LogP contribution in [0.4, 0.5) is 5.69 Å². The van der Waals surface area contributed by atoms with Gasteiger partial charge >= 0.3 is 5.97 Å². The summed E-state index contributed by atoms with van der Waals surface area (Å²) in [5.41, 5.74) is 9.77. The summed E-state index contributed by atoms with van der Waals surface area (Å²) < 4.78 is 5.59. The van der Waals surface area contributed by atoms with Crippen LogP contribution < -0.4 is 15.4 Å². The van der Waals surface area contributed by atoms with Crippen molar-refractivity contribution in [1.29, 1.82) is 0 Å². The number of amides is 2. The first-order valence-corrected chi connectivity index (χ1v) is 13.5. The van der Waals surface area contributed by atoms with Gasteiger partial charge in [-0.3, -0.25) is 19.3 Å². The standard InChI is InChI=1S/C33H31N3O5/c34-18-20-41-27-14-11-23(12-15-27)26-13-16-29-28(21-26)33(40)35(19-17-31(38)39)22-30(37)36(29)32(24-7-3-1-4-8-24)25-9-5-2-6-10-25/h1-16,21,32H,17-20,22,34H2,(H,38,39). The van der Waals surface area contributed by atoms with Crippen molar-refractivity contribution in [2.45, 2.75) is 12.5 Å². The van der Waals surface area contributed by atoms with E-state index in [1.165, 1.54) is 4.90 Å². The van der Waals surface area contributed by atoms with Gasteiger partial charge in [-0.05, 0) is 46.5 Å². The van der Waals surface area contributed by atoms with E-state index in [2.05, 4.69) is 0 Å². The lowest BCUT2D eigenvalue weighted by Gasteiger charge is -2.33. The van der Waals surface area contributed by atoms with E-state index in [1.54, 1.807) is 17.0 Å². The van der Waals surface area contributed by atoms with Crippen molar-refractivity contribution >= 4 is 23.5 Å². The summed E-state index contributed by atoms with van der Waals surface area (Å²) in [4.78, 5) is 42.3. The van der Waals surface area contributed by atoms with Gasteiger partial charge in [-0.25, -0.2) is 0 Å². The molecule has 0 spiro atoms. The molecule has 208 valence electrons. The van der Waals surface area contributed by atoms with E-state index in [0.29, 0.717) is 30.2 Å². The number of hydrogen-bond donors (Lipinski definition) is 2. The number of carbonyl (C=O) groups excluding carboxylic acids is 2. The molecule has 1 aliphatic rings. The number of carboxylic acids is 1. The summed E-state index contributed by atoms with van der Waals surface area (Å²) in [6.45, 7) is 0.507. The van der Waals surface area contributed by atoms with E-state index in [-0.39, 0.29) is 31.3 Å². The molecule has 0 saturated carbocycles. The number of fused-ring (bicyclic) bond motifs is 1. The van der Waals surface area contributed by atoms with Crippen molar-refractivity contribution in [2.24, 2.45) is 5.73 Å². The van der Waals surface area contributed by atoms with Crippen LogP contribution in [0.3, 0.4) is 0 Å². The zero-order valence-electron chi connectivity index (χ0n) is 22.5. The number of carbonyl (C=O) groups is 3. The summed E-state index contributed by atoms with van der Waals surface area (Å²) in [6, 6.07) is 31.8. The first-order valence-electron chi connectivity index (χ1n) is 13.5. The Morgan fingerprint density at radius 1 is 0.854 bits per heavy atom. The van der Waals surface area contributed by atoms with Crippen LogP contribution in [-0.4, -0.2) is 54.0 Å². The van der Waals surface area contributed by atoms with Crippen molar-refractivity contribution in [1.82, 2.24) is 4.90 Å². The van der Waals surface area contributed by atoms with Crippen LogP contribution in [0.25, 0.3) is 11.1 Å². The van der Waals surface area contributed by atoms with Crippen molar-refractivity contribution in [2.75, 3.05) is 31.1 Å². The molecular formula is C33H31N3O5. The molecule has 8 heteroatoms. The summed E-state index contributed by atoms with van der Waals surface area (Å²) in [5, 5.41) is 9.32. The summed E-state index contributed by atoms with van der Waals surface area (Å²) in [7, 11) is 0. The quantitative estimate of drug-likeness (QED) is 0.295. The number of nitrogens with two attached hydrogens (primary N) is 1. The molecule has 0 bridgehead atoms. The Morgan fingerprint density at radius 2 is 1.46 bits per heavy atom. The van der Waals surface area contributed by atoms with Crippen LogP contribution in [-0.2, 0) is 9.59 Å². The molecule has 1 heterocycles. The van der Waals surface area contributed by atoms with Gasteiger partial charge in [0, 0.05) is 13.1 Å².